The highest BCUT2D eigenvalue weighted by molar-refractivity contribution is 6.54. The van der Waals surface area contributed by atoms with E-state index in [1.54, 1.807) is 0 Å². The van der Waals surface area contributed by atoms with Gasteiger partial charge in [0.1, 0.15) is 6.61 Å². The van der Waals surface area contributed by atoms with Crippen LogP contribution in [0.25, 0.3) is 0 Å². The van der Waals surface area contributed by atoms with Crippen molar-refractivity contribution in [3.8, 4) is 0 Å². The van der Waals surface area contributed by atoms with Gasteiger partial charge in [-0.2, -0.15) is 0 Å². The van der Waals surface area contributed by atoms with Crippen molar-refractivity contribution in [2.75, 3.05) is 13.2 Å². The van der Waals surface area contributed by atoms with Gasteiger partial charge >= 0.3 is 11.9 Å². The minimum absolute atomic E-state index is 0.00785. The van der Waals surface area contributed by atoms with E-state index in [1.165, 1.54) is 0 Å². The maximum Gasteiger partial charge on any atom is 0.340 e. The van der Waals surface area contributed by atoms with Crippen LogP contribution >= 0.6 is 46.4 Å². The van der Waals surface area contributed by atoms with Crippen LogP contribution in [0.5, 0.6) is 0 Å². The molecule has 1 fully saturated rings. The van der Waals surface area contributed by atoms with Crippen LogP contribution < -0.4 is 0 Å². The lowest BCUT2D eigenvalue weighted by Crippen LogP contribution is -2.20. The summed E-state index contributed by atoms with van der Waals surface area (Å²) in [5.41, 5.74) is -0.968. The topological polar surface area (TPSA) is 72.8 Å². The summed E-state index contributed by atoms with van der Waals surface area (Å²) in [7, 11) is 0. The van der Waals surface area contributed by atoms with Gasteiger partial charge in [-0.05, 0) is 12.8 Å². The van der Waals surface area contributed by atoms with Crippen molar-refractivity contribution in [1.29, 1.82) is 0 Å². The number of carboxylic acids is 1. The lowest BCUT2D eigenvalue weighted by atomic mass is 10.1. The van der Waals surface area contributed by atoms with Crippen LogP contribution in [0.3, 0.4) is 0 Å². The SMILES string of the molecule is O=C(O)c1c(Cl)c(Cl)c(Cl)c(Cl)c1C(=O)OC[C@@H]1CCCO1. The number of carboxylic acid groups (broad SMARTS) is 1. The van der Waals surface area contributed by atoms with Crippen molar-refractivity contribution in [3.63, 3.8) is 0 Å². The van der Waals surface area contributed by atoms with E-state index in [4.69, 9.17) is 55.9 Å². The van der Waals surface area contributed by atoms with Gasteiger partial charge in [-0.25, -0.2) is 9.59 Å². The largest absolute Gasteiger partial charge is 0.478 e. The Bertz CT molecular complexity index is 626. The van der Waals surface area contributed by atoms with Gasteiger partial charge in [0.2, 0.25) is 0 Å². The van der Waals surface area contributed by atoms with Crippen LogP contribution in [0.1, 0.15) is 33.6 Å². The Hall–Kier alpha value is -0.720. The molecule has 2 rings (SSSR count). The molecular weight excluding hydrogens is 378 g/mol. The highest BCUT2D eigenvalue weighted by Gasteiger charge is 2.30. The lowest BCUT2D eigenvalue weighted by Gasteiger charge is -2.15. The van der Waals surface area contributed by atoms with Crippen molar-refractivity contribution in [3.05, 3.63) is 31.2 Å². The molecule has 1 aromatic rings. The molecule has 120 valence electrons. The molecule has 1 N–H and O–H groups in total. The van der Waals surface area contributed by atoms with Gasteiger partial charge < -0.3 is 14.6 Å². The van der Waals surface area contributed by atoms with E-state index in [0.29, 0.717) is 6.61 Å². The molecule has 1 heterocycles. The maximum absolute atomic E-state index is 12.2. The predicted octanol–water partition coefficient (Wildman–Crippen LogP) is 4.33. The van der Waals surface area contributed by atoms with E-state index >= 15 is 0 Å². The van der Waals surface area contributed by atoms with Gasteiger partial charge in [0.25, 0.3) is 0 Å². The standard InChI is InChI=1S/C13H10Cl4O5/c14-8-6(12(18)19)7(9(15)11(17)10(8)16)13(20)22-4-5-2-1-3-21-5/h5H,1-4H2,(H,18,19)/t5-/m0/s1. The van der Waals surface area contributed by atoms with Crippen molar-refractivity contribution < 1.29 is 24.2 Å². The molecule has 0 bridgehead atoms. The summed E-state index contributed by atoms with van der Waals surface area (Å²) >= 11 is 23.5. The van der Waals surface area contributed by atoms with E-state index in [0.717, 1.165) is 12.8 Å². The molecule has 0 spiro atoms. The first kappa shape index (κ1) is 17.6. The van der Waals surface area contributed by atoms with Gasteiger partial charge in [-0.3, -0.25) is 0 Å². The number of benzene rings is 1. The van der Waals surface area contributed by atoms with Crippen LogP contribution in [-0.2, 0) is 9.47 Å². The second kappa shape index (κ2) is 7.23. The smallest absolute Gasteiger partial charge is 0.340 e. The molecule has 0 unspecified atom stereocenters. The average Bonchev–Trinajstić information content (AvgIpc) is 2.99. The summed E-state index contributed by atoms with van der Waals surface area (Å²) < 4.78 is 10.4. The fourth-order valence-electron chi connectivity index (χ4n) is 2.04. The number of halogens is 4. The average molecular weight is 388 g/mol. The third-order valence-electron chi connectivity index (χ3n) is 3.11. The zero-order chi connectivity index (χ0) is 16.4. The minimum Gasteiger partial charge on any atom is -0.478 e. The van der Waals surface area contributed by atoms with E-state index < -0.39 is 23.1 Å². The molecule has 22 heavy (non-hydrogen) atoms. The molecule has 0 saturated carbocycles. The quantitative estimate of drug-likeness (QED) is 0.472. The van der Waals surface area contributed by atoms with Crippen LogP contribution in [0.2, 0.25) is 20.1 Å². The molecule has 0 amide bonds. The predicted molar refractivity (Wildman–Crippen MR) is 82.7 cm³/mol. The summed E-state index contributed by atoms with van der Waals surface area (Å²) in [4.78, 5) is 23.5. The number of hydrogen-bond acceptors (Lipinski definition) is 4. The zero-order valence-corrected chi connectivity index (χ0v) is 14.0. The van der Waals surface area contributed by atoms with E-state index in [9.17, 15) is 14.7 Å². The van der Waals surface area contributed by atoms with Gasteiger partial charge in [0, 0.05) is 6.61 Å². The fourth-order valence-corrected chi connectivity index (χ4v) is 3.05. The van der Waals surface area contributed by atoms with E-state index in [1.807, 2.05) is 0 Å². The van der Waals surface area contributed by atoms with Gasteiger partial charge in [0.15, 0.2) is 0 Å². The Morgan fingerprint density at radius 1 is 1.09 bits per heavy atom. The van der Waals surface area contributed by atoms with Crippen molar-refractivity contribution in [2.45, 2.75) is 18.9 Å². The number of hydrogen-bond donors (Lipinski definition) is 1. The highest BCUT2D eigenvalue weighted by Crippen LogP contribution is 2.41. The Labute approximate surface area is 146 Å². The Morgan fingerprint density at radius 3 is 2.18 bits per heavy atom. The number of rotatable bonds is 4. The number of aromatic carboxylic acids is 1. The van der Waals surface area contributed by atoms with Crippen LogP contribution in [0, 0.1) is 0 Å². The molecule has 9 heteroatoms. The number of esters is 1. The van der Waals surface area contributed by atoms with Gasteiger partial charge in [-0.1, -0.05) is 46.4 Å². The monoisotopic (exact) mass is 386 g/mol. The zero-order valence-electron chi connectivity index (χ0n) is 11.0. The molecule has 0 radical (unpaired) electrons. The van der Waals surface area contributed by atoms with Crippen LogP contribution in [-0.4, -0.2) is 36.4 Å². The molecular formula is C13H10Cl4O5. The van der Waals surface area contributed by atoms with Crippen molar-refractivity contribution in [1.82, 2.24) is 0 Å². The summed E-state index contributed by atoms with van der Waals surface area (Å²) in [5, 5.41) is 8.11. The molecule has 1 aliphatic heterocycles. The minimum atomic E-state index is -1.46. The molecule has 0 aromatic heterocycles. The second-order valence-corrected chi connectivity index (χ2v) is 6.06. The third kappa shape index (κ3) is 3.44. The molecule has 0 aliphatic carbocycles. The normalized spacial score (nSPS) is 17.5. The van der Waals surface area contributed by atoms with Crippen molar-refractivity contribution >= 4 is 58.3 Å². The van der Waals surface area contributed by atoms with Crippen LogP contribution in [0.15, 0.2) is 0 Å². The first-order valence-corrected chi connectivity index (χ1v) is 7.73. The summed E-state index contributed by atoms with van der Waals surface area (Å²) in [5.74, 6) is -2.41. The molecule has 1 aliphatic rings. The molecule has 5 nitrogen and oxygen atoms in total. The van der Waals surface area contributed by atoms with Gasteiger partial charge in [-0.15, -0.1) is 0 Å². The Morgan fingerprint density at radius 2 is 1.68 bits per heavy atom. The van der Waals surface area contributed by atoms with Crippen molar-refractivity contribution in [2.24, 2.45) is 0 Å². The summed E-state index contributed by atoms with van der Waals surface area (Å²) in [6.07, 6.45) is 1.42. The Kier molecular flexibility index (Phi) is 5.80. The molecule has 1 atom stereocenters. The summed E-state index contributed by atoms with van der Waals surface area (Å²) in [6.45, 7) is 0.591. The van der Waals surface area contributed by atoms with Crippen LogP contribution in [0.4, 0.5) is 0 Å². The first-order chi connectivity index (χ1) is 10.3. The third-order valence-corrected chi connectivity index (χ3v) is 4.91. The fraction of sp³-hybridized carbons (Fsp3) is 0.385. The number of ether oxygens (including phenoxy) is 2. The number of carbonyl (C=O) groups excluding carboxylic acids is 1. The van der Waals surface area contributed by atoms with Gasteiger partial charge in [0.05, 0.1) is 37.3 Å². The second-order valence-electron chi connectivity index (χ2n) is 4.54. The number of carbonyl (C=O) groups is 2. The Balaban J connectivity index is 2.35. The lowest BCUT2D eigenvalue weighted by molar-refractivity contribution is 0.0159. The summed E-state index contributed by atoms with van der Waals surface area (Å²) in [6, 6.07) is 0. The highest BCUT2D eigenvalue weighted by atomic mass is 35.5. The molecule has 1 saturated heterocycles. The molecule has 1 aromatic carbocycles. The van der Waals surface area contributed by atoms with E-state index in [-0.39, 0.29) is 32.8 Å². The first-order valence-electron chi connectivity index (χ1n) is 6.22. The van der Waals surface area contributed by atoms with E-state index in [2.05, 4.69) is 0 Å². The maximum atomic E-state index is 12.2.